The zero-order valence-corrected chi connectivity index (χ0v) is 59.5. The number of allylic oxidation sites excluding steroid dienone is 6. The van der Waals surface area contributed by atoms with Crippen LogP contribution in [0.3, 0.4) is 0 Å². The van der Waals surface area contributed by atoms with Crippen LogP contribution in [0.4, 0.5) is 16.8 Å². The maximum atomic E-state index is 14.7. The Morgan fingerprint density at radius 1 is 0.885 bits per heavy atom. The number of carbonyl (C=O) groups excluding carboxylic acids is 6. The Bertz CT molecular complexity index is 3290. The predicted molar refractivity (Wildman–Crippen MR) is 369 cm³/mol. The molecule has 4 N–H and O–H groups in total. The number of anilines is 3. The monoisotopic (exact) mass is 1370 g/mol. The van der Waals surface area contributed by atoms with Gasteiger partial charge in [-0.1, -0.05) is 106 Å². The van der Waals surface area contributed by atoms with E-state index in [2.05, 4.69) is 25.1 Å². The summed E-state index contributed by atoms with van der Waals surface area (Å²) >= 11 is 7.69. The van der Waals surface area contributed by atoms with E-state index in [1.54, 1.807) is 46.2 Å². The number of amides is 1. The van der Waals surface area contributed by atoms with Crippen molar-refractivity contribution in [2.24, 2.45) is 35.5 Å². The van der Waals surface area contributed by atoms with Crippen molar-refractivity contribution in [3.63, 3.8) is 0 Å². The van der Waals surface area contributed by atoms with Crippen molar-refractivity contribution in [2.45, 2.75) is 200 Å². The largest absolute Gasteiger partial charge is 0.460 e. The minimum Gasteiger partial charge on any atom is -0.460 e. The van der Waals surface area contributed by atoms with E-state index in [1.165, 1.54) is 23.3 Å². The molecule has 6 heterocycles. The van der Waals surface area contributed by atoms with E-state index in [1.807, 2.05) is 90.1 Å². The number of ketones is 4. The van der Waals surface area contributed by atoms with Gasteiger partial charge in [0.25, 0.3) is 11.7 Å². The molecule has 0 radical (unpaired) electrons. The van der Waals surface area contributed by atoms with Gasteiger partial charge in [0.15, 0.2) is 16.7 Å². The van der Waals surface area contributed by atoms with Crippen LogP contribution in [0.2, 0.25) is 5.02 Å². The summed E-state index contributed by atoms with van der Waals surface area (Å²) in [4.78, 5) is 106. The molecular formula is C73H102ClN7O14S. The third kappa shape index (κ3) is 19.9. The molecular weight excluding hydrogens is 1270 g/mol. The van der Waals surface area contributed by atoms with Crippen molar-refractivity contribution in [1.29, 1.82) is 0 Å². The predicted octanol–water partition coefficient (Wildman–Crippen LogP) is 10.1. The fourth-order valence-corrected chi connectivity index (χ4v) is 15.1. The second-order valence-electron chi connectivity index (χ2n) is 27.5. The summed E-state index contributed by atoms with van der Waals surface area (Å²) in [6.45, 7) is 20.3. The number of esters is 1. The number of aromatic nitrogens is 3. The third-order valence-corrected chi connectivity index (χ3v) is 21.5. The molecule has 1 saturated carbocycles. The Labute approximate surface area is 575 Å². The molecule has 3 saturated heterocycles. The first-order valence-electron chi connectivity index (χ1n) is 34.4. The number of nitrogens with one attached hydrogen (secondary N) is 1. The van der Waals surface area contributed by atoms with Gasteiger partial charge in [0, 0.05) is 102 Å². The number of piperidine rings is 1. The van der Waals surface area contributed by atoms with E-state index in [0.717, 1.165) is 22.5 Å². The molecule has 23 heteroatoms. The maximum absolute atomic E-state index is 14.7. The van der Waals surface area contributed by atoms with E-state index < -0.39 is 83.9 Å². The molecule has 3 aromatic rings. The molecule has 1 aromatic carbocycles. The number of cyclic esters (lactones) is 1. The second-order valence-corrected chi connectivity index (χ2v) is 28.9. The SMILES string of the molecule is CO[C@@H]1C[C@@H](CC(C)[C@@H]2CC(=O)[C@H](C)/C=C(\C)[C@@H](O)[C@@H](OC)C(=O)[C@H](C)C[C@H](C)/C=C/C=C/C=C(C)[C@H](OCCN3CCN(c4cc(Nc5ncc(C(=O)Cc6c(C)cccc6Cl)s5)nc(C)n4)CC3)C[C@@H]3CC[C@@H](C)[C@@](O)(O3)C(=O)C(=O)N3CCCC[C@H]3C(=O)O2)CC[C@H]1O. The van der Waals surface area contributed by atoms with E-state index in [9.17, 15) is 44.1 Å². The number of halogens is 1. The normalized spacial score (nSPS) is 31.7. The minimum atomic E-state index is -2.52. The van der Waals surface area contributed by atoms with E-state index in [0.29, 0.717) is 129 Å². The quantitative estimate of drug-likeness (QED) is 0.0477. The molecule has 96 heavy (non-hydrogen) atoms. The number of hydrogen-bond donors (Lipinski definition) is 4. The number of fused-ring (bicyclic) bond motifs is 3. The molecule has 4 aliphatic heterocycles. The van der Waals surface area contributed by atoms with Gasteiger partial charge in [-0.3, -0.25) is 28.9 Å². The highest BCUT2D eigenvalue weighted by Crippen LogP contribution is 2.39. The summed E-state index contributed by atoms with van der Waals surface area (Å²) in [5.74, 6) is -6.61. The molecule has 1 aliphatic carbocycles. The number of aryl methyl sites for hydroxylation is 2. The Kier molecular flexibility index (Phi) is 27.8. The summed E-state index contributed by atoms with van der Waals surface area (Å²) in [7, 11) is 2.94. The number of hydrogen-bond acceptors (Lipinski definition) is 21. The molecule has 15 atom stereocenters. The lowest BCUT2D eigenvalue weighted by molar-refractivity contribution is -0.266. The van der Waals surface area contributed by atoms with Crippen LogP contribution in [-0.4, -0.2) is 190 Å². The molecule has 0 spiro atoms. The zero-order valence-electron chi connectivity index (χ0n) is 57.9. The molecule has 2 bridgehead atoms. The molecule has 21 nitrogen and oxygen atoms in total. The number of thiazole rings is 1. The lowest BCUT2D eigenvalue weighted by Gasteiger charge is -2.43. The Morgan fingerprint density at radius 2 is 1.65 bits per heavy atom. The molecule has 1 amide bonds. The van der Waals surface area contributed by atoms with Crippen LogP contribution in [0.25, 0.3) is 0 Å². The van der Waals surface area contributed by atoms with Crippen molar-refractivity contribution in [3.05, 3.63) is 105 Å². The van der Waals surface area contributed by atoms with Gasteiger partial charge in [0.2, 0.25) is 5.79 Å². The van der Waals surface area contributed by atoms with Gasteiger partial charge in [0.1, 0.15) is 47.6 Å². The molecule has 2 aromatic heterocycles. The summed E-state index contributed by atoms with van der Waals surface area (Å²) in [6.07, 6.45) is 12.2. The number of piperazine rings is 1. The number of benzene rings is 1. The first kappa shape index (κ1) is 75.8. The Morgan fingerprint density at radius 3 is 2.38 bits per heavy atom. The third-order valence-electron chi connectivity index (χ3n) is 20.1. The van der Waals surface area contributed by atoms with Crippen LogP contribution in [-0.2, 0) is 54.1 Å². The molecule has 526 valence electrons. The number of ether oxygens (including phenoxy) is 5. The van der Waals surface area contributed by atoms with Gasteiger partial charge < -0.3 is 54.1 Å². The van der Waals surface area contributed by atoms with Crippen LogP contribution in [0.5, 0.6) is 0 Å². The lowest BCUT2D eigenvalue weighted by Crippen LogP contribution is -2.61. The minimum absolute atomic E-state index is 0.0370. The van der Waals surface area contributed by atoms with Crippen LogP contribution in [0.1, 0.15) is 152 Å². The second kappa shape index (κ2) is 35.2. The zero-order chi connectivity index (χ0) is 69.5. The van der Waals surface area contributed by atoms with E-state index in [-0.39, 0.29) is 73.4 Å². The van der Waals surface area contributed by atoms with Crippen LogP contribution < -0.4 is 10.2 Å². The highest BCUT2D eigenvalue weighted by Gasteiger charge is 2.53. The van der Waals surface area contributed by atoms with Crippen LogP contribution >= 0.6 is 22.9 Å². The van der Waals surface area contributed by atoms with Crippen molar-refractivity contribution in [2.75, 3.05) is 70.3 Å². The van der Waals surface area contributed by atoms with Gasteiger partial charge in [-0.2, -0.15) is 0 Å². The van der Waals surface area contributed by atoms with Gasteiger partial charge in [-0.15, -0.1) is 0 Å². The lowest BCUT2D eigenvalue weighted by atomic mass is 9.78. The average Bonchev–Trinajstić information content (AvgIpc) is 0.893. The summed E-state index contributed by atoms with van der Waals surface area (Å²) in [5, 5.41) is 39.1. The number of methoxy groups -OCH3 is 2. The highest BCUT2D eigenvalue weighted by molar-refractivity contribution is 7.17. The van der Waals surface area contributed by atoms with E-state index >= 15 is 0 Å². The number of rotatable bonds is 15. The summed E-state index contributed by atoms with van der Waals surface area (Å²) < 4.78 is 30.8. The van der Waals surface area contributed by atoms with E-state index in [4.69, 9.17) is 40.3 Å². The van der Waals surface area contributed by atoms with Crippen molar-refractivity contribution >= 4 is 74.7 Å². The number of aliphatic hydroxyl groups excluding tert-OH is 2. The first-order chi connectivity index (χ1) is 45.8. The summed E-state index contributed by atoms with van der Waals surface area (Å²) in [6, 6.07) is 6.28. The molecule has 1 unspecified atom stereocenters. The smallest absolute Gasteiger partial charge is 0.329 e. The molecule has 5 aliphatic rings. The maximum Gasteiger partial charge on any atom is 0.329 e. The van der Waals surface area contributed by atoms with Crippen LogP contribution in [0, 0.1) is 49.4 Å². The van der Waals surface area contributed by atoms with Gasteiger partial charge in [0.05, 0.1) is 42.1 Å². The molecule has 8 rings (SSSR count). The van der Waals surface area contributed by atoms with Crippen molar-refractivity contribution in [1.82, 2.24) is 24.8 Å². The number of carbonyl (C=O) groups is 6. The standard InChI is InChI=1S/C73H102ClN7O14S/c1-43-18-13-12-14-19-45(3)60(93-33-32-79-28-30-80(31-29-79)65-41-64(76-51(9)77-65)78-72-75-42-63(96-72)59(84)39-54-44(2)20-17-21-55(54)74)38-53-25-23-50(8)73(90,95-53)69(87)70(88)81-27-16-15-22-56(81)71(89)94-61(47(5)36-52-24-26-57(82)62(37-52)91-10)40-58(83)46(4)35-49(7)67(86)68(92-11)66(85)48(6)34-43/h12-14,17-21,35,41-43,46-48,50,52-53,56-57,60-62,67-68,82,86,90H,15-16,22-34,36-40H2,1-11H3,(H,75,76,77,78)/b14-12+,18-13+,45-19?,49-35+/t43-,46-,47?,48-,50-,52-,53+,56+,57-,60-,61+,62-,67-,68+,73-/m1/s1. The Balaban J connectivity index is 0.976. The van der Waals surface area contributed by atoms with Gasteiger partial charge in [-0.25, -0.2) is 19.7 Å². The van der Waals surface area contributed by atoms with Gasteiger partial charge >= 0.3 is 5.97 Å². The summed E-state index contributed by atoms with van der Waals surface area (Å²) in [5.41, 5.74) is 2.98. The fraction of sp³-hybridized carbons (Fsp3) is 0.630. The fourth-order valence-electron chi connectivity index (χ4n) is 14.0. The molecule has 4 fully saturated rings. The van der Waals surface area contributed by atoms with Crippen molar-refractivity contribution < 1.29 is 67.8 Å². The van der Waals surface area contributed by atoms with Crippen molar-refractivity contribution in [3.8, 4) is 0 Å². The highest BCUT2D eigenvalue weighted by atomic mass is 35.5. The van der Waals surface area contributed by atoms with Gasteiger partial charge in [-0.05, 0) is 138 Å². The Hall–Kier alpha value is -5.92. The first-order valence-corrected chi connectivity index (χ1v) is 35.5. The topological polar surface area (TPSA) is 270 Å². The number of aliphatic hydroxyl groups is 3. The average molecular weight is 1370 g/mol. The number of Topliss-reactive ketones (excluding diaryl/α,β-unsaturated/α-hetero) is 4. The van der Waals surface area contributed by atoms with Crippen LogP contribution in [0.15, 0.2) is 78.1 Å². The number of nitrogens with zero attached hydrogens (tertiary/aromatic N) is 6.